The fraction of sp³-hybridized carbons (Fsp3) is 0.524. The minimum Gasteiger partial charge on any atom is -0.501 e. The second-order valence-electron chi connectivity index (χ2n) is 7.35. The van der Waals surface area contributed by atoms with Gasteiger partial charge < -0.3 is 28.8 Å². The second kappa shape index (κ2) is 6.86. The van der Waals surface area contributed by atoms with Gasteiger partial charge in [-0.1, -0.05) is 19.1 Å². The molecule has 1 saturated heterocycles. The van der Waals surface area contributed by atoms with Gasteiger partial charge in [0.25, 0.3) is 0 Å². The van der Waals surface area contributed by atoms with Gasteiger partial charge >= 0.3 is 0 Å². The molecule has 0 unspecified atom stereocenters. The summed E-state index contributed by atoms with van der Waals surface area (Å²) in [6.45, 7) is 6.19. The molecule has 1 fully saturated rings. The lowest BCUT2D eigenvalue weighted by molar-refractivity contribution is -0.270. The van der Waals surface area contributed by atoms with Crippen LogP contribution in [0.5, 0.6) is 11.5 Å². The van der Waals surface area contributed by atoms with Gasteiger partial charge in [0.05, 0.1) is 19.0 Å². The van der Waals surface area contributed by atoms with E-state index in [1.54, 1.807) is 14.2 Å². The smallest absolute Gasteiger partial charge is 0.231 e. The van der Waals surface area contributed by atoms with Crippen LogP contribution in [0.25, 0.3) is 0 Å². The molecule has 4 rings (SSSR count). The largest absolute Gasteiger partial charge is 0.501 e. The number of rotatable bonds is 5. The molecule has 0 spiro atoms. The molecule has 1 aliphatic carbocycles. The molecule has 0 bridgehead atoms. The third kappa shape index (κ3) is 2.74. The number of allylic oxidation sites excluding steroid dienone is 2. The number of benzene rings is 1. The zero-order chi connectivity index (χ0) is 19.2. The van der Waals surface area contributed by atoms with E-state index in [2.05, 4.69) is 13.5 Å². The third-order valence-corrected chi connectivity index (χ3v) is 5.99. The number of fused-ring (bicyclic) bond motifs is 2. The molecule has 1 N–H and O–H groups in total. The predicted octanol–water partition coefficient (Wildman–Crippen LogP) is 3.18. The van der Waals surface area contributed by atoms with E-state index in [0.29, 0.717) is 12.2 Å². The maximum Gasteiger partial charge on any atom is 0.231 e. The first-order chi connectivity index (χ1) is 13.0. The third-order valence-electron chi connectivity index (χ3n) is 5.99. The summed E-state index contributed by atoms with van der Waals surface area (Å²) >= 11 is 0. The van der Waals surface area contributed by atoms with Crippen molar-refractivity contribution in [3.8, 4) is 11.5 Å². The quantitative estimate of drug-likeness (QED) is 0.799. The maximum absolute atomic E-state index is 11.5. The van der Waals surface area contributed by atoms with E-state index < -0.39 is 11.9 Å². The number of hydrogen-bond donors (Lipinski definition) is 1. The predicted molar refractivity (Wildman–Crippen MR) is 98.2 cm³/mol. The molecule has 2 aliphatic heterocycles. The Balaban J connectivity index is 1.73. The molecule has 0 amide bonds. The highest BCUT2D eigenvalue weighted by atomic mass is 16.7. The molecule has 1 aromatic carbocycles. The van der Waals surface area contributed by atoms with E-state index in [4.69, 9.17) is 23.7 Å². The molecule has 6 heteroatoms. The van der Waals surface area contributed by atoms with Crippen molar-refractivity contribution in [2.45, 2.75) is 31.3 Å². The summed E-state index contributed by atoms with van der Waals surface area (Å²) in [4.78, 5) is 0. The first-order valence-corrected chi connectivity index (χ1v) is 9.22. The lowest BCUT2D eigenvalue weighted by Gasteiger charge is -2.43. The molecule has 0 saturated carbocycles. The molecule has 1 aromatic rings. The van der Waals surface area contributed by atoms with E-state index in [-0.39, 0.29) is 30.7 Å². The molecule has 0 radical (unpaired) electrons. The SMILES string of the molecule is C=CC[C@H]1C(OC)=C[C@H](OC)[C@@]2(O)O[C@H](c3ccc4c(c3)OCO4)[C@@H](C)[C@@H]12. The Labute approximate surface area is 159 Å². The van der Waals surface area contributed by atoms with Crippen molar-refractivity contribution in [3.05, 3.63) is 48.3 Å². The van der Waals surface area contributed by atoms with Gasteiger partial charge in [0.2, 0.25) is 12.6 Å². The average Bonchev–Trinajstić information content (AvgIpc) is 3.24. The van der Waals surface area contributed by atoms with Crippen molar-refractivity contribution in [1.29, 1.82) is 0 Å². The lowest BCUT2D eigenvalue weighted by Crippen LogP contribution is -2.53. The van der Waals surface area contributed by atoms with Crippen LogP contribution in [-0.2, 0) is 14.2 Å². The van der Waals surface area contributed by atoms with Crippen molar-refractivity contribution in [2.24, 2.45) is 17.8 Å². The van der Waals surface area contributed by atoms with Crippen LogP contribution in [0.3, 0.4) is 0 Å². The lowest BCUT2D eigenvalue weighted by atomic mass is 9.69. The van der Waals surface area contributed by atoms with Gasteiger partial charge in [-0.2, -0.15) is 0 Å². The maximum atomic E-state index is 11.5. The number of ether oxygens (including phenoxy) is 5. The topological polar surface area (TPSA) is 66.4 Å². The highest BCUT2D eigenvalue weighted by molar-refractivity contribution is 5.45. The molecular weight excluding hydrogens is 348 g/mol. The Hall–Kier alpha value is -2.02. The monoisotopic (exact) mass is 374 g/mol. The minimum atomic E-state index is -1.44. The first-order valence-electron chi connectivity index (χ1n) is 9.22. The summed E-state index contributed by atoms with van der Waals surface area (Å²) in [5.41, 5.74) is 0.945. The van der Waals surface area contributed by atoms with Crippen molar-refractivity contribution in [1.82, 2.24) is 0 Å². The van der Waals surface area contributed by atoms with Crippen LogP contribution in [0, 0.1) is 17.8 Å². The summed E-state index contributed by atoms with van der Waals surface area (Å²) < 4.78 is 28.4. The number of hydrogen-bond acceptors (Lipinski definition) is 6. The molecule has 27 heavy (non-hydrogen) atoms. The highest BCUT2D eigenvalue weighted by Gasteiger charge is 2.62. The van der Waals surface area contributed by atoms with Gasteiger partial charge in [-0.3, -0.25) is 0 Å². The molecule has 6 nitrogen and oxygen atoms in total. The number of aliphatic hydroxyl groups is 1. The molecular formula is C21H26O6. The number of methoxy groups -OCH3 is 2. The van der Waals surface area contributed by atoms with E-state index in [9.17, 15) is 5.11 Å². The Bertz CT molecular complexity index is 759. The van der Waals surface area contributed by atoms with Crippen LogP contribution >= 0.6 is 0 Å². The van der Waals surface area contributed by atoms with Crippen LogP contribution in [0.15, 0.2) is 42.7 Å². The fourth-order valence-electron chi connectivity index (χ4n) is 4.80. The van der Waals surface area contributed by atoms with Gasteiger partial charge in [0.15, 0.2) is 11.5 Å². The molecule has 0 aromatic heterocycles. The summed E-state index contributed by atoms with van der Waals surface area (Å²) in [6, 6.07) is 5.77. The molecule has 2 heterocycles. The van der Waals surface area contributed by atoms with Crippen molar-refractivity contribution >= 4 is 0 Å². The zero-order valence-electron chi connectivity index (χ0n) is 15.9. The average molecular weight is 374 g/mol. The van der Waals surface area contributed by atoms with Crippen molar-refractivity contribution < 1.29 is 28.8 Å². The molecule has 146 valence electrons. The molecule has 6 atom stereocenters. The molecule has 3 aliphatic rings. The van der Waals surface area contributed by atoms with E-state index in [1.165, 1.54) is 0 Å². The summed E-state index contributed by atoms with van der Waals surface area (Å²) in [5, 5.41) is 11.5. The fourth-order valence-corrected chi connectivity index (χ4v) is 4.80. The summed E-state index contributed by atoms with van der Waals surface area (Å²) in [7, 11) is 3.22. The Kier molecular flexibility index (Phi) is 4.66. The van der Waals surface area contributed by atoms with Crippen LogP contribution in [0.1, 0.15) is 25.0 Å². The van der Waals surface area contributed by atoms with Gasteiger partial charge in [-0.25, -0.2) is 0 Å². The van der Waals surface area contributed by atoms with Crippen molar-refractivity contribution in [3.63, 3.8) is 0 Å². The van der Waals surface area contributed by atoms with Crippen molar-refractivity contribution in [2.75, 3.05) is 21.0 Å². The van der Waals surface area contributed by atoms with Gasteiger partial charge in [-0.05, 0) is 36.1 Å². The second-order valence-corrected chi connectivity index (χ2v) is 7.35. The highest BCUT2D eigenvalue weighted by Crippen LogP contribution is 2.57. The van der Waals surface area contributed by atoms with Gasteiger partial charge in [0.1, 0.15) is 6.10 Å². The zero-order valence-corrected chi connectivity index (χ0v) is 15.9. The summed E-state index contributed by atoms with van der Waals surface area (Å²) in [6.07, 6.45) is 3.44. The first kappa shape index (κ1) is 18.3. The Morgan fingerprint density at radius 1 is 1.30 bits per heavy atom. The Morgan fingerprint density at radius 3 is 2.78 bits per heavy atom. The van der Waals surface area contributed by atoms with E-state index >= 15 is 0 Å². The van der Waals surface area contributed by atoms with Crippen LogP contribution < -0.4 is 9.47 Å². The normalized spacial score (nSPS) is 36.9. The van der Waals surface area contributed by atoms with E-state index in [0.717, 1.165) is 17.1 Å². The van der Waals surface area contributed by atoms with Gasteiger partial charge in [0, 0.05) is 18.9 Å². The van der Waals surface area contributed by atoms with Gasteiger partial charge in [-0.15, -0.1) is 6.58 Å². The summed E-state index contributed by atoms with van der Waals surface area (Å²) in [5.74, 6) is 0.587. The Morgan fingerprint density at radius 2 is 2.07 bits per heavy atom. The van der Waals surface area contributed by atoms with E-state index in [1.807, 2.05) is 30.4 Å². The standard InChI is InChI=1S/C21H26O6/c1-5-6-14-16(23-3)10-18(24-4)21(22)19(14)12(2)20(27-21)13-7-8-15-17(9-13)26-11-25-15/h5,7-10,12,14,18-20,22H,1,6,11H2,2-4H3/t12-,14-,18-,19-,20-,21+/m0/s1. The minimum absolute atomic E-state index is 0.0248. The van der Waals surface area contributed by atoms with Crippen LogP contribution in [0.4, 0.5) is 0 Å². The van der Waals surface area contributed by atoms with Crippen LogP contribution in [-0.4, -0.2) is 38.0 Å². The van der Waals surface area contributed by atoms with Crippen LogP contribution in [0.2, 0.25) is 0 Å².